The molecule has 0 aliphatic heterocycles. The molecule has 2 aromatic rings. The summed E-state index contributed by atoms with van der Waals surface area (Å²) >= 11 is 0. The van der Waals surface area contributed by atoms with Crippen molar-refractivity contribution in [1.82, 2.24) is 9.78 Å². The van der Waals surface area contributed by atoms with Crippen molar-refractivity contribution < 1.29 is 5.11 Å². The molecule has 0 amide bonds. The molecule has 0 radical (unpaired) electrons. The minimum Gasteiger partial charge on any atom is -0.493 e. The average Bonchev–Trinajstić information content (AvgIpc) is 2.55. The first-order valence-corrected chi connectivity index (χ1v) is 6.17. The Morgan fingerprint density at radius 2 is 1.83 bits per heavy atom. The van der Waals surface area contributed by atoms with Crippen molar-refractivity contribution in [3.8, 4) is 11.6 Å². The highest BCUT2D eigenvalue weighted by Gasteiger charge is 2.24. The molecule has 0 saturated carbocycles. The Morgan fingerprint density at radius 1 is 1.17 bits per heavy atom. The van der Waals surface area contributed by atoms with Crippen LogP contribution in [-0.4, -0.2) is 14.9 Å². The molecular formula is C15H20N2O. The van der Waals surface area contributed by atoms with Crippen molar-refractivity contribution in [3.63, 3.8) is 0 Å². The predicted octanol–water partition coefficient (Wildman–Crippen LogP) is 3.49. The van der Waals surface area contributed by atoms with Gasteiger partial charge in [-0.05, 0) is 31.5 Å². The van der Waals surface area contributed by atoms with Crippen LogP contribution in [0.1, 0.15) is 37.6 Å². The summed E-state index contributed by atoms with van der Waals surface area (Å²) in [5, 5.41) is 14.8. The molecule has 1 N–H and O–H groups in total. The largest absolute Gasteiger partial charge is 0.493 e. The second-order valence-electron chi connectivity index (χ2n) is 5.80. The molecule has 0 aliphatic carbocycles. The molecule has 2 rings (SSSR count). The van der Waals surface area contributed by atoms with Gasteiger partial charge in [-0.15, -0.1) is 0 Å². The van der Waals surface area contributed by atoms with E-state index in [0.29, 0.717) is 0 Å². The summed E-state index contributed by atoms with van der Waals surface area (Å²) in [6.45, 7) is 10.2. The molecule has 0 bridgehead atoms. The summed E-state index contributed by atoms with van der Waals surface area (Å²) in [7, 11) is 0. The zero-order valence-electron chi connectivity index (χ0n) is 11.7. The molecule has 18 heavy (non-hydrogen) atoms. The first-order chi connectivity index (χ1) is 8.30. The van der Waals surface area contributed by atoms with Gasteiger partial charge in [0.25, 0.3) is 0 Å². The molecule has 96 valence electrons. The fourth-order valence-corrected chi connectivity index (χ4v) is 2.14. The van der Waals surface area contributed by atoms with Gasteiger partial charge in [-0.2, -0.15) is 5.10 Å². The van der Waals surface area contributed by atoms with E-state index in [-0.39, 0.29) is 11.3 Å². The van der Waals surface area contributed by atoms with Crippen LogP contribution in [-0.2, 0) is 5.41 Å². The Hall–Kier alpha value is -1.77. The van der Waals surface area contributed by atoms with Crippen LogP contribution in [0.25, 0.3) is 5.69 Å². The lowest BCUT2D eigenvalue weighted by atomic mass is 9.90. The van der Waals surface area contributed by atoms with Gasteiger partial charge in [0.2, 0.25) is 5.88 Å². The quantitative estimate of drug-likeness (QED) is 0.833. The van der Waals surface area contributed by atoms with E-state index in [4.69, 9.17) is 0 Å². The Labute approximate surface area is 108 Å². The molecule has 0 atom stereocenters. The molecular weight excluding hydrogens is 224 g/mol. The van der Waals surface area contributed by atoms with E-state index in [1.165, 1.54) is 0 Å². The second-order valence-corrected chi connectivity index (χ2v) is 5.80. The molecule has 3 nitrogen and oxygen atoms in total. The van der Waals surface area contributed by atoms with E-state index >= 15 is 0 Å². The summed E-state index contributed by atoms with van der Waals surface area (Å²) < 4.78 is 1.61. The third-order valence-corrected chi connectivity index (χ3v) is 3.05. The van der Waals surface area contributed by atoms with Gasteiger partial charge in [0.15, 0.2) is 0 Å². The van der Waals surface area contributed by atoms with Crippen LogP contribution in [0.2, 0.25) is 0 Å². The lowest BCUT2D eigenvalue weighted by Crippen LogP contribution is -2.14. The maximum atomic E-state index is 10.2. The van der Waals surface area contributed by atoms with Crippen molar-refractivity contribution in [3.05, 3.63) is 41.1 Å². The highest BCUT2D eigenvalue weighted by molar-refractivity contribution is 5.43. The van der Waals surface area contributed by atoms with Crippen LogP contribution in [0, 0.1) is 13.8 Å². The molecule has 0 saturated heterocycles. The highest BCUT2D eigenvalue weighted by Crippen LogP contribution is 2.31. The minimum absolute atomic E-state index is 0.0728. The van der Waals surface area contributed by atoms with E-state index in [2.05, 4.69) is 25.9 Å². The number of rotatable bonds is 1. The van der Waals surface area contributed by atoms with Crippen LogP contribution in [0.4, 0.5) is 0 Å². The summed E-state index contributed by atoms with van der Waals surface area (Å²) in [5.74, 6) is 0.227. The number of hydrogen-bond acceptors (Lipinski definition) is 2. The van der Waals surface area contributed by atoms with Gasteiger partial charge in [0, 0.05) is 11.0 Å². The third-order valence-electron chi connectivity index (χ3n) is 3.05. The van der Waals surface area contributed by atoms with Crippen molar-refractivity contribution in [1.29, 1.82) is 0 Å². The first-order valence-electron chi connectivity index (χ1n) is 6.17. The lowest BCUT2D eigenvalue weighted by molar-refractivity contribution is 0.430. The van der Waals surface area contributed by atoms with Crippen LogP contribution in [0.5, 0.6) is 5.88 Å². The van der Waals surface area contributed by atoms with Crippen molar-refractivity contribution in [2.45, 2.75) is 40.0 Å². The minimum atomic E-state index is -0.0728. The average molecular weight is 244 g/mol. The van der Waals surface area contributed by atoms with Crippen molar-refractivity contribution in [2.75, 3.05) is 0 Å². The Bertz CT molecular complexity index is 577. The number of aryl methyl sites for hydroxylation is 1. The molecule has 1 aromatic carbocycles. The van der Waals surface area contributed by atoms with Crippen molar-refractivity contribution in [2.24, 2.45) is 0 Å². The maximum absolute atomic E-state index is 10.2. The van der Waals surface area contributed by atoms with Crippen LogP contribution in [0.3, 0.4) is 0 Å². The maximum Gasteiger partial charge on any atom is 0.217 e. The van der Waals surface area contributed by atoms with E-state index in [1.807, 2.05) is 38.1 Å². The Kier molecular flexibility index (Phi) is 2.93. The number of benzene rings is 1. The molecule has 0 unspecified atom stereocenters. The number of aromatic hydroxyl groups is 1. The molecule has 0 fully saturated rings. The summed E-state index contributed by atoms with van der Waals surface area (Å²) in [6, 6.07) is 7.96. The van der Waals surface area contributed by atoms with E-state index < -0.39 is 0 Å². The van der Waals surface area contributed by atoms with Gasteiger partial charge in [-0.25, -0.2) is 4.68 Å². The number of hydrogen-bond donors (Lipinski definition) is 1. The Morgan fingerprint density at radius 3 is 2.33 bits per heavy atom. The second kappa shape index (κ2) is 4.16. The van der Waals surface area contributed by atoms with Crippen LogP contribution < -0.4 is 0 Å². The molecule has 3 heteroatoms. The summed E-state index contributed by atoms with van der Waals surface area (Å²) in [4.78, 5) is 0. The predicted molar refractivity (Wildman–Crippen MR) is 73.4 cm³/mol. The fourth-order valence-electron chi connectivity index (χ4n) is 2.14. The van der Waals surface area contributed by atoms with E-state index in [9.17, 15) is 5.11 Å². The first kappa shape index (κ1) is 12.7. The topological polar surface area (TPSA) is 38.0 Å². The monoisotopic (exact) mass is 244 g/mol. The lowest BCUT2D eigenvalue weighted by Gasteiger charge is -2.15. The van der Waals surface area contributed by atoms with Crippen LogP contribution >= 0.6 is 0 Å². The Balaban J connectivity index is 2.60. The van der Waals surface area contributed by atoms with Gasteiger partial charge in [-0.3, -0.25) is 0 Å². The van der Waals surface area contributed by atoms with E-state index in [0.717, 1.165) is 22.5 Å². The molecule has 0 aliphatic rings. The van der Waals surface area contributed by atoms with Gasteiger partial charge < -0.3 is 5.11 Å². The van der Waals surface area contributed by atoms with Crippen LogP contribution in [0.15, 0.2) is 24.3 Å². The van der Waals surface area contributed by atoms with Gasteiger partial charge in [0.1, 0.15) is 0 Å². The van der Waals surface area contributed by atoms with Crippen molar-refractivity contribution >= 4 is 0 Å². The number of aromatic nitrogens is 2. The van der Waals surface area contributed by atoms with Gasteiger partial charge in [-0.1, -0.05) is 32.9 Å². The summed E-state index contributed by atoms with van der Waals surface area (Å²) in [5.41, 5.74) is 3.75. The zero-order valence-corrected chi connectivity index (χ0v) is 11.7. The smallest absolute Gasteiger partial charge is 0.217 e. The summed E-state index contributed by atoms with van der Waals surface area (Å²) in [6.07, 6.45) is 0. The molecule has 0 spiro atoms. The van der Waals surface area contributed by atoms with E-state index in [1.54, 1.807) is 4.68 Å². The van der Waals surface area contributed by atoms with Gasteiger partial charge in [0.05, 0.1) is 11.4 Å². The zero-order chi connectivity index (χ0) is 13.5. The SMILES string of the molecule is Cc1cccc(-n2nc(C(C)(C)C)c(C)c2O)c1. The molecule has 1 aromatic heterocycles. The molecule has 1 heterocycles. The highest BCUT2D eigenvalue weighted by atomic mass is 16.3. The standard InChI is InChI=1S/C15H20N2O/c1-10-7-6-8-12(9-10)17-14(18)11(2)13(16-17)15(3,4)5/h6-9,18H,1-5H3. The third kappa shape index (κ3) is 2.13. The normalized spacial score (nSPS) is 11.8. The number of nitrogens with zero attached hydrogens (tertiary/aromatic N) is 2. The fraction of sp³-hybridized carbons (Fsp3) is 0.400. The van der Waals surface area contributed by atoms with Gasteiger partial charge >= 0.3 is 0 Å².